The lowest BCUT2D eigenvalue weighted by Crippen LogP contribution is -1.69. The molecule has 0 aromatic carbocycles. The largest absolute Gasteiger partial charge is 0.327 e. The Hall–Kier alpha value is 0.332. The van der Waals surface area contributed by atoms with Gasteiger partial charge in [-0.15, -0.1) is 6.58 Å². The molecule has 0 unspecified atom stereocenters. The third kappa shape index (κ3) is 10.7. The predicted molar refractivity (Wildman–Crippen MR) is 33.7 cm³/mol. The van der Waals surface area contributed by atoms with Crippen LogP contribution in [0.5, 0.6) is 0 Å². The predicted octanol–water partition coefficient (Wildman–Crippen LogP) is 0.212. The fourth-order valence-corrected chi connectivity index (χ4v) is 0.249. The van der Waals surface area contributed by atoms with Crippen LogP contribution in [-0.2, 0) is 9.09 Å². The van der Waals surface area contributed by atoms with Gasteiger partial charge < -0.3 is 0 Å². The number of hydrogen-bond acceptors (Lipinski definition) is 2. The van der Waals surface area contributed by atoms with E-state index in [0.717, 1.165) is 0 Å². The van der Waals surface area contributed by atoms with E-state index in [1.165, 1.54) is 6.08 Å². The van der Waals surface area contributed by atoms with Crippen molar-refractivity contribution in [1.29, 1.82) is 0 Å². The smallest absolute Gasteiger partial charge is 0.290 e. The van der Waals surface area contributed by atoms with Crippen LogP contribution in [0.25, 0.3) is 0 Å². The second-order valence-corrected chi connectivity index (χ2v) is 1.07. The highest BCUT2D eigenvalue weighted by atomic mass is 31.1. The molecule has 0 aliphatic carbocycles. The lowest BCUT2D eigenvalue weighted by atomic mass is 10.7. The lowest BCUT2D eigenvalue weighted by molar-refractivity contribution is 0.387. The summed E-state index contributed by atoms with van der Waals surface area (Å²) < 4.78 is 13.7. The molecule has 0 rings (SSSR count). The summed E-state index contributed by atoms with van der Waals surface area (Å²) in [5, 5.41) is 0. The van der Waals surface area contributed by atoms with Crippen LogP contribution in [0.4, 0.5) is 0 Å². The maximum atomic E-state index is 9.39. The van der Waals surface area contributed by atoms with Gasteiger partial charge in [-0.05, 0) is 0 Å². The third-order valence-corrected chi connectivity index (χ3v) is 0.500. The zero-order chi connectivity index (χ0) is 4.83. The Bertz CT molecular complexity index is 48.9. The summed E-state index contributed by atoms with van der Waals surface area (Å²) in [6, 6.07) is 0. The first kappa shape index (κ1) is 10.3. The van der Waals surface area contributed by atoms with E-state index in [2.05, 4.69) is 11.1 Å². The first-order valence-electron chi connectivity index (χ1n) is 1.47. The van der Waals surface area contributed by atoms with Gasteiger partial charge >= 0.3 is 8.69 Å². The van der Waals surface area contributed by atoms with Crippen LogP contribution < -0.4 is 0 Å². The topological polar surface area (TPSA) is 26.3 Å². The summed E-state index contributed by atoms with van der Waals surface area (Å²) in [6.07, 6.45) is 1.53. The Labute approximate surface area is 55.0 Å². The molecule has 4 heteroatoms. The normalized spacial score (nSPS) is 7.43. The average molecular weight is 134 g/mol. The molecule has 2 nitrogen and oxygen atoms in total. The van der Waals surface area contributed by atoms with Crippen molar-refractivity contribution in [2.45, 2.75) is 0 Å². The van der Waals surface area contributed by atoms with Gasteiger partial charge in [0.2, 0.25) is 0 Å². The van der Waals surface area contributed by atoms with Crippen molar-refractivity contribution >= 4 is 26.0 Å². The maximum absolute atomic E-state index is 9.39. The first-order chi connectivity index (χ1) is 2.91. The molecule has 0 aromatic rings. The fraction of sp³-hybridized carbons (Fsp3) is 0.333. The monoisotopic (exact) mass is 134 g/mol. The molecule has 0 bridgehead atoms. The maximum Gasteiger partial charge on any atom is 0.327 e. The van der Waals surface area contributed by atoms with Gasteiger partial charge in [-0.1, -0.05) is 6.08 Å². The molecular formula is C3H8AlO2P. The van der Waals surface area contributed by atoms with E-state index in [1.54, 1.807) is 0 Å². The van der Waals surface area contributed by atoms with Crippen LogP contribution in [-0.4, -0.2) is 24.0 Å². The molecule has 40 valence electrons. The highest BCUT2D eigenvalue weighted by Crippen LogP contribution is 1.90. The van der Waals surface area contributed by atoms with Gasteiger partial charge in [0.05, 0.1) is 6.61 Å². The quantitative estimate of drug-likeness (QED) is 0.239. The molecule has 0 heterocycles. The van der Waals surface area contributed by atoms with E-state index in [9.17, 15) is 4.57 Å². The molecule has 0 saturated heterocycles. The van der Waals surface area contributed by atoms with Crippen molar-refractivity contribution in [3.63, 3.8) is 0 Å². The molecular weight excluding hydrogens is 126 g/mol. The minimum Gasteiger partial charge on any atom is -0.290 e. The second kappa shape index (κ2) is 9.59. The van der Waals surface area contributed by atoms with Crippen molar-refractivity contribution in [3.05, 3.63) is 12.7 Å². The molecule has 0 atom stereocenters. The zero-order valence-corrected chi connectivity index (χ0v) is 4.15. The van der Waals surface area contributed by atoms with Crippen LogP contribution in [0.15, 0.2) is 12.7 Å². The summed E-state index contributed by atoms with van der Waals surface area (Å²) >= 11 is 0. The third-order valence-electron chi connectivity index (χ3n) is 0.245. The lowest BCUT2D eigenvalue weighted by Gasteiger charge is -1.76. The highest BCUT2D eigenvalue weighted by Gasteiger charge is 1.69. The number of rotatable bonds is 3. The Kier molecular flexibility index (Phi) is 14.2. The number of hydrogen-bond donors (Lipinski definition) is 0. The molecule has 0 fully saturated rings. The molecule has 0 spiro atoms. The van der Waals surface area contributed by atoms with Gasteiger partial charge in [0, 0.05) is 0 Å². The Morgan fingerprint density at radius 3 is 2.57 bits per heavy atom. The van der Waals surface area contributed by atoms with Crippen LogP contribution in [0, 0.1) is 0 Å². The second-order valence-electron chi connectivity index (χ2n) is 0.659. The summed E-state index contributed by atoms with van der Waals surface area (Å²) in [7, 11) is -0.276. The SMILES string of the molecule is C=CCOP=O.[AlH3]. The Morgan fingerprint density at radius 2 is 2.43 bits per heavy atom. The van der Waals surface area contributed by atoms with E-state index in [4.69, 9.17) is 0 Å². The van der Waals surface area contributed by atoms with Crippen LogP contribution in [0.1, 0.15) is 0 Å². The zero-order valence-electron chi connectivity index (χ0n) is 3.26. The highest BCUT2D eigenvalue weighted by molar-refractivity contribution is 7.17. The average Bonchev–Trinajstić information content (AvgIpc) is 1.61. The summed E-state index contributed by atoms with van der Waals surface area (Å²) in [4.78, 5) is 0. The minimum absolute atomic E-state index is 0. The summed E-state index contributed by atoms with van der Waals surface area (Å²) in [5.41, 5.74) is 0. The molecule has 0 amide bonds. The Morgan fingerprint density at radius 1 is 1.86 bits per heavy atom. The minimum atomic E-state index is -0.276. The van der Waals surface area contributed by atoms with Crippen LogP contribution in [0.3, 0.4) is 0 Å². The fourth-order valence-electron chi connectivity index (χ4n) is 0.0831. The molecule has 0 saturated carbocycles. The molecule has 0 N–H and O–H groups in total. The van der Waals surface area contributed by atoms with Crippen LogP contribution >= 0.6 is 8.69 Å². The standard InChI is InChI=1S/C3H5O2P.Al.3H/c1-2-3-5-6-4;;;;/h2H,1,3H2;;;;. The van der Waals surface area contributed by atoms with Crippen molar-refractivity contribution in [3.8, 4) is 0 Å². The van der Waals surface area contributed by atoms with Gasteiger partial charge in [0.1, 0.15) is 0 Å². The molecule has 0 aliphatic heterocycles. The van der Waals surface area contributed by atoms with E-state index in [0.29, 0.717) is 6.61 Å². The van der Waals surface area contributed by atoms with E-state index >= 15 is 0 Å². The van der Waals surface area contributed by atoms with Crippen molar-refractivity contribution in [2.75, 3.05) is 6.61 Å². The van der Waals surface area contributed by atoms with Crippen molar-refractivity contribution in [2.24, 2.45) is 0 Å². The van der Waals surface area contributed by atoms with E-state index in [1.807, 2.05) is 0 Å². The van der Waals surface area contributed by atoms with Gasteiger partial charge in [-0.3, -0.25) is 4.52 Å². The molecule has 0 aliphatic rings. The van der Waals surface area contributed by atoms with Gasteiger partial charge in [0.25, 0.3) is 0 Å². The van der Waals surface area contributed by atoms with Gasteiger partial charge in [-0.2, -0.15) is 0 Å². The molecule has 0 aromatic heterocycles. The summed E-state index contributed by atoms with van der Waals surface area (Å²) in [6.45, 7) is 3.68. The van der Waals surface area contributed by atoms with Gasteiger partial charge in [-0.25, -0.2) is 4.57 Å². The first-order valence-corrected chi connectivity index (χ1v) is 2.20. The summed E-state index contributed by atoms with van der Waals surface area (Å²) in [5.74, 6) is 0. The molecule has 7 heavy (non-hydrogen) atoms. The van der Waals surface area contributed by atoms with Gasteiger partial charge in [0.15, 0.2) is 17.4 Å². The van der Waals surface area contributed by atoms with Crippen LogP contribution in [0.2, 0.25) is 0 Å². The van der Waals surface area contributed by atoms with Crippen molar-refractivity contribution < 1.29 is 9.09 Å². The van der Waals surface area contributed by atoms with E-state index in [-0.39, 0.29) is 26.0 Å². The Balaban J connectivity index is 0. The van der Waals surface area contributed by atoms with E-state index < -0.39 is 0 Å². The molecule has 0 radical (unpaired) electrons. The van der Waals surface area contributed by atoms with Crippen molar-refractivity contribution in [1.82, 2.24) is 0 Å².